The second-order valence-corrected chi connectivity index (χ2v) is 5.62. The van der Waals surface area contributed by atoms with Crippen LogP contribution in [0.1, 0.15) is 32.1 Å². The van der Waals surface area contributed by atoms with E-state index in [1.54, 1.807) is 0 Å². The Hall–Kier alpha value is -0.750. The second kappa shape index (κ2) is 8.37. The molecule has 0 unspecified atom stereocenters. The van der Waals surface area contributed by atoms with Crippen LogP contribution in [-0.2, 0) is 9.59 Å². The van der Waals surface area contributed by atoms with Gasteiger partial charge in [-0.3, -0.25) is 9.59 Å². The molecule has 5 nitrogen and oxygen atoms in total. The minimum absolute atomic E-state index is 0.118. The quantitative estimate of drug-likeness (QED) is 0.595. The summed E-state index contributed by atoms with van der Waals surface area (Å²) in [6, 6.07) is 0.366. The molecule has 1 saturated carbocycles. The van der Waals surface area contributed by atoms with Gasteiger partial charge in [0.05, 0.1) is 5.75 Å². The van der Waals surface area contributed by atoms with Crippen molar-refractivity contribution in [3.8, 4) is 0 Å². The lowest BCUT2D eigenvalue weighted by Gasteiger charge is -2.37. The molecule has 0 aromatic rings. The number of primary amides is 1. The van der Waals surface area contributed by atoms with Gasteiger partial charge in [0.25, 0.3) is 0 Å². The second-order valence-electron chi connectivity index (χ2n) is 4.52. The molecule has 1 aliphatic rings. The molecule has 6 heteroatoms. The maximum atomic E-state index is 12.0. The predicted molar refractivity (Wildman–Crippen MR) is 72.2 cm³/mol. The van der Waals surface area contributed by atoms with Crippen LogP contribution < -0.4 is 5.73 Å². The third kappa shape index (κ3) is 5.27. The first kappa shape index (κ1) is 15.3. The highest BCUT2D eigenvalue weighted by atomic mass is 32.2. The number of nitrogens with zero attached hydrogens (tertiary/aromatic N) is 1. The molecular formula is C12H22N2O3S. The first-order valence-corrected chi connectivity index (χ1v) is 7.57. The smallest absolute Gasteiger partial charge is 0.227 e. The summed E-state index contributed by atoms with van der Waals surface area (Å²) in [7, 11) is 0. The molecular weight excluding hydrogens is 252 g/mol. The lowest BCUT2D eigenvalue weighted by atomic mass is 9.91. The van der Waals surface area contributed by atoms with Gasteiger partial charge in [0.2, 0.25) is 11.8 Å². The summed E-state index contributed by atoms with van der Waals surface area (Å²) < 4.78 is 0. The van der Waals surface area contributed by atoms with Crippen LogP contribution in [0, 0.1) is 0 Å². The van der Waals surface area contributed by atoms with Gasteiger partial charge in [-0.1, -0.05) is 0 Å². The van der Waals surface area contributed by atoms with Crippen molar-refractivity contribution >= 4 is 23.6 Å². The summed E-state index contributed by atoms with van der Waals surface area (Å²) in [5, 5.41) is 8.85. The number of nitrogens with two attached hydrogens (primary N) is 1. The van der Waals surface area contributed by atoms with Crippen LogP contribution in [0.4, 0.5) is 0 Å². The van der Waals surface area contributed by atoms with Crippen molar-refractivity contribution in [1.82, 2.24) is 4.90 Å². The maximum absolute atomic E-state index is 12.0. The average molecular weight is 274 g/mol. The number of rotatable bonds is 9. The Balaban J connectivity index is 2.27. The van der Waals surface area contributed by atoms with Gasteiger partial charge in [-0.25, -0.2) is 0 Å². The van der Waals surface area contributed by atoms with E-state index in [4.69, 9.17) is 10.8 Å². The molecule has 3 N–H and O–H groups in total. The zero-order valence-corrected chi connectivity index (χ0v) is 11.5. The summed E-state index contributed by atoms with van der Waals surface area (Å²) in [6.45, 7) is 0.757. The van der Waals surface area contributed by atoms with E-state index >= 15 is 0 Å². The van der Waals surface area contributed by atoms with Gasteiger partial charge in [-0.15, -0.1) is 0 Å². The minimum atomic E-state index is -0.344. The summed E-state index contributed by atoms with van der Waals surface area (Å²) in [6.07, 6.45) is 4.41. The summed E-state index contributed by atoms with van der Waals surface area (Å²) in [5.74, 6) is 0.686. The van der Waals surface area contributed by atoms with E-state index in [9.17, 15) is 9.59 Å². The normalized spacial score (nSPS) is 15.2. The van der Waals surface area contributed by atoms with Gasteiger partial charge in [0.15, 0.2) is 0 Å². The highest BCUT2D eigenvalue weighted by Gasteiger charge is 2.27. The number of hydrogen-bond acceptors (Lipinski definition) is 4. The molecule has 0 bridgehead atoms. The molecule has 0 heterocycles. The monoisotopic (exact) mass is 274 g/mol. The van der Waals surface area contributed by atoms with E-state index < -0.39 is 0 Å². The fourth-order valence-electron chi connectivity index (χ4n) is 1.93. The number of carbonyl (C=O) groups is 2. The summed E-state index contributed by atoms with van der Waals surface area (Å²) in [5.41, 5.74) is 5.03. The van der Waals surface area contributed by atoms with Crippen LogP contribution in [0.3, 0.4) is 0 Å². The topological polar surface area (TPSA) is 83.6 Å². The number of thioether (sulfide) groups is 1. The Bertz CT molecular complexity index is 282. The van der Waals surface area contributed by atoms with E-state index in [0.29, 0.717) is 31.2 Å². The fraction of sp³-hybridized carbons (Fsp3) is 0.833. The van der Waals surface area contributed by atoms with E-state index in [1.165, 1.54) is 18.2 Å². The third-order valence-corrected chi connectivity index (χ3v) is 4.08. The molecule has 0 radical (unpaired) electrons. The van der Waals surface area contributed by atoms with Crippen molar-refractivity contribution in [2.75, 3.05) is 24.7 Å². The number of amides is 2. The third-order valence-electron chi connectivity index (χ3n) is 3.10. The van der Waals surface area contributed by atoms with E-state index in [-0.39, 0.29) is 24.2 Å². The van der Waals surface area contributed by atoms with Gasteiger partial charge in [0, 0.05) is 31.4 Å². The van der Waals surface area contributed by atoms with Crippen molar-refractivity contribution in [1.29, 1.82) is 0 Å². The van der Waals surface area contributed by atoms with E-state index in [0.717, 1.165) is 12.8 Å². The van der Waals surface area contributed by atoms with Crippen LogP contribution in [0.25, 0.3) is 0 Å². The lowest BCUT2D eigenvalue weighted by Crippen LogP contribution is -2.45. The molecule has 0 atom stereocenters. The highest BCUT2D eigenvalue weighted by molar-refractivity contribution is 7.99. The molecule has 0 aromatic carbocycles. The fourth-order valence-corrected chi connectivity index (χ4v) is 2.59. The predicted octanol–water partition coefficient (Wildman–Crippen LogP) is 0.358. The Morgan fingerprint density at radius 3 is 2.61 bits per heavy atom. The van der Waals surface area contributed by atoms with Gasteiger partial charge < -0.3 is 15.7 Å². The van der Waals surface area contributed by atoms with E-state index in [1.807, 2.05) is 4.90 Å². The van der Waals surface area contributed by atoms with E-state index in [2.05, 4.69) is 0 Å². The Labute approximate surface area is 112 Å². The first-order chi connectivity index (χ1) is 8.65. The van der Waals surface area contributed by atoms with Gasteiger partial charge in [-0.2, -0.15) is 11.8 Å². The molecule has 2 amide bonds. The Morgan fingerprint density at radius 1 is 1.39 bits per heavy atom. The Kier molecular flexibility index (Phi) is 7.12. The molecule has 0 aliphatic heterocycles. The number of carbonyl (C=O) groups excluding carboxylic acids is 2. The maximum Gasteiger partial charge on any atom is 0.227 e. The summed E-state index contributed by atoms with van der Waals surface area (Å²) >= 11 is 1.40. The van der Waals surface area contributed by atoms with Crippen LogP contribution >= 0.6 is 11.8 Å². The van der Waals surface area contributed by atoms with Crippen molar-refractivity contribution in [2.45, 2.75) is 38.1 Å². The highest BCUT2D eigenvalue weighted by Crippen LogP contribution is 2.25. The zero-order chi connectivity index (χ0) is 13.4. The van der Waals surface area contributed by atoms with Crippen LogP contribution in [0.15, 0.2) is 0 Å². The molecule has 0 aromatic heterocycles. The van der Waals surface area contributed by atoms with Gasteiger partial charge in [0.1, 0.15) is 0 Å². The number of aliphatic hydroxyl groups is 1. The number of aliphatic hydroxyl groups excluding tert-OH is 1. The standard InChI is InChI=1S/C12H22N2O3S/c13-11(16)9-18-8-5-12(17)14(6-2-7-15)10-3-1-4-10/h10,15H,1-9H2,(H2,13,16). The molecule has 1 rings (SSSR count). The largest absolute Gasteiger partial charge is 0.396 e. The zero-order valence-electron chi connectivity index (χ0n) is 10.6. The summed E-state index contributed by atoms with van der Waals surface area (Å²) in [4.78, 5) is 24.5. The SMILES string of the molecule is NC(=O)CSCCC(=O)N(CCCO)C1CCC1. The van der Waals surface area contributed by atoms with Crippen molar-refractivity contribution < 1.29 is 14.7 Å². The number of hydrogen-bond donors (Lipinski definition) is 2. The van der Waals surface area contributed by atoms with Crippen molar-refractivity contribution in [3.05, 3.63) is 0 Å². The molecule has 1 aliphatic carbocycles. The lowest BCUT2D eigenvalue weighted by molar-refractivity contribution is -0.135. The molecule has 18 heavy (non-hydrogen) atoms. The van der Waals surface area contributed by atoms with Gasteiger partial charge >= 0.3 is 0 Å². The van der Waals surface area contributed by atoms with Crippen LogP contribution in [0.5, 0.6) is 0 Å². The van der Waals surface area contributed by atoms with Crippen molar-refractivity contribution in [2.24, 2.45) is 5.73 Å². The van der Waals surface area contributed by atoms with Gasteiger partial charge in [-0.05, 0) is 25.7 Å². The molecule has 0 spiro atoms. The Morgan fingerprint density at radius 2 is 2.11 bits per heavy atom. The first-order valence-electron chi connectivity index (χ1n) is 6.41. The van der Waals surface area contributed by atoms with Crippen LogP contribution in [-0.4, -0.2) is 52.5 Å². The molecule has 104 valence electrons. The van der Waals surface area contributed by atoms with Crippen LogP contribution in [0.2, 0.25) is 0 Å². The molecule has 1 fully saturated rings. The van der Waals surface area contributed by atoms with Crippen molar-refractivity contribution in [3.63, 3.8) is 0 Å². The molecule has 0 saturated heterocycles. The average Bonchev–Trinajstić information content (AvgIpc) is 2.26. The minimum Gasteiger partial charge on any atom is -0.396 e.